The van der Waals surface area contributed by atoms with Gasteiger partial charge in [-0.25, -0.2) is 0 Å². The minimum absolute atomic E-state index is 0.0421. The highest BCUT2D eigenvalue weighted by atomic mass is 16.4. The number of carboxylic acids is 1. The van der Waals surface area contributed by atoms with E-state index >= 15 is 0 Å². The Balaban J connectivity index is 2.11. The number of carboxylic acid groups (broad SMARTS) is 1. The first-order valence-corrected chi connectivity index (χ1v) is 11.9. The van der Waals surface area contributed by atoms with Gasteiger partial charge in [-0.2, -0.15) is 0 Å². The smallest absolute Gasteiger partial charge is 0.322 e. The van der Waals surface area contributed by atoms with Crippen LogP contribution in [0.5, 0.6) is 5.75 Å². The molecule has 0 aliphatic heterocycles. The van der Waals surface area contributed by atoms with Gasteiger partial charge in [-0.15, -0.1) is 0 Å². The van der Waals surface area contributed by atoms with Gasteiger partial charge in [0.2, 0.25) is 23.6 Å². The van der Waals surface area contributed by atoms with Crippen molar-refractivity contribution in [3.05, 3.63) is 65.7 Å². The lowest BCUT2D eigenvalue weighted by molar-refractivity contribution is -0.141. The van der Waals surface area contributed by atoms with Gasteiger partial charge >= 0.3 is 5.97 Å². The molecule has 0 saturated heterocycles. The molecule has 0 aliphatic carbocycles. The van der Waals surface area contributed by atoms with Gasteiger partial charge in [0.05, 0.1) is 12.6 Å². The van der Waals surface area contributed by atoms with Gasteiger partial charge in [0.15, 0.2) is 0 Å². The molecule has 0 spiro atoms. The molecule has 204 valence electrons. The number of amides is 4. The van der Waals surface area contributed by atoms with E-state index in [0.29, 0.717) is 5.56 Å². The molecular weight excluding hydrogens is 494 g/mol. The lowest BCUT2D eigenvalue weighted by atomic mass is 10.0. The molecule has 12 heteroatoms. The number of nitrogens with two attached hydrogens (primary N) is 1. The maximum Gasteiger partial charge on any atom is 0.322 e. The highest BCUT2D eigenvalue weighted by Crippen LogP contribution is 2.12. The molecule has 0 bridgehead atoms. The van der Waals surface area contributed by atoms with Crippen molar-refractivity contribution in [2.75, 3.05) is 20.1 Å². The van der Waals surface area contributed by atoms with Crippen LogP contribution in [0.4, 0.5) is 0 Å². The molecule has 0 aliphatic rings. The predicted octanol–water partition coefficient (Wildman–Crippen LogP) is -0.847. The third-order valence-electron chi connectivity index (χ3n) is 5.69. The zero-order valence-electron chi connectivity index (χ0n) is 21.2. The maximum absolute atomic E-state index is 13.0. The minimum atomic E-state index is -1.23. The minimum Gasteiger partial charge on any atom is -0.508 e. The van der Waals surface area contributed by atoms with Crippen LogP contribution < -0.4 is 21.7 Å². The molecule has 12 nitrogen and oxygen atoms in total. The average Bonchev–Trinajstić information content (AvgIpc) is 2.89. The van der Waals surface area contributed by atoms with Gasteiger partial charge in [0.1, 0.15) is 24.4 Å². The van der Waals surface area contributed by atoms with Gasteiger partial charge in [0, 0.05) is 19.9 Å². The van der Waals surface area contributed by atoms with Crippen molar-refractivity contribution < 1.29 is 34.2 Å². The van der Waals surface area contributed by atoms with Crippen molar-refractivity contribution in [1.82, 2.24) is 20.9 Å². The Bertz CT molecular complexity index is 1120. The third-order valence-corrected chi connectivity index (χ3v) is 5.69. The van der Waals surface area contributed by atoms with Crippen molar-refractivity contribution in [1.29, 1.82) is 0 Å². The van der Waals surface area contributed by atoms with E-state index in [1.165, 1.54) is 26.1 Å². The van der Waals surface area contributed by atoms with E-state index in [-0.39, 0.29) is 18.6 Å². The van der Waals surface area contributed by atoms with Crippen LogP contribution in [-0.4, -0.2) is 83.0 Å². The summed E-state index contributed by atoms with van der Waals surface area (Å²) in [6, 6.07) is 12.0. The first-order valence-electron chi connectivity index (χ1n) is 11.9. The zero-order chi connectivity index (χ0) is 28.2. The number of likely N-dealkylation sites (N-methyl/N-ethyl adjacent to an activating group) is 1. The van der Waals surface area contributed by atoms with E-state index in [4.69, 9.17) is 10.8 Å². The molecule has 0 heterocycles. The summed E-state index contributed by atoms with van der Waals surface area (Å²) in [5.74, 6) is -3.67. The quantitative estimate of drug-likeness (QED) is 0.194. The zero-order valence-corrected chi connectivity index (χ0v) is 21.2. The largest absolute Gasteiger partial charge is 0.508 e. The lowest BCUT2D eigenvalue weighted by Gasteiger charge is -2.28. The number of benzene rings is 2. The summed E-state index contributed by atoms with van der Waals surface area (Å²) in [4.78, 5) is 62.8. The van der Waals surface area contributed by atoms with Crippen LogP contribution in [-0.2, 0) is 36.8 Å². The molecule has 2 aromatic rings. The van der Waals surface area contributed by atoms with E-state index in [9.17, 15) is 29.1 Å². The second-order valence-electron chi connectivity index (χ2n) is 8.76. The number of carbonyl (C=O) groups is 5. The summed E-state index contributed by atoms with van der Waals surface area (Å²) in [7, 11) is 1.38. The Kier molecular flexibility index (Phi) is 11.2. The first-order chi connectivity index (χ1) is 18.0. The number of nitrogens with zero attached hydrogens (tertiary/aromatic N) is 1. The van der Waals surface area contributed by atoms with Crippen molar-refractivity contribution in [2.45, 2.75) is 37.9 Å². The van der Waals surface area contributed by atoms with Gasteiger partial charge in [-0.05, 0) is 30.2 Å². The first kappa shape index (κ1) is 29.8. The summed E-state index contributed by atoms with van der Waals surface area (Å²) >= 11 is 0. The number of phenols is 1. The standard InChI is InChI=1S/C26H33N5O7/c1-16(27)24(36)30-20(12-18-8-10-19(32)11-9-18)25(37)28-14-22(33)31(2)21(26(38)29-15-23(34)35)13-17-6-4-3-5-7-17/h3-11,16,20-21,32H,12-15,27H2,1-2H3,(H,28,37)(H,29,38)(H,30,36)(H,34,35)/t16-,20+,21+/m1/s1. The summed E-state index contributed by atoms with van der Waals surface area (Å²) in [5.41, 5.74) is 7.01. The van der Waals surface area contributed by atoms with Crippen LogP contribution in [0.3, 0.4) is 0 Å². The number of hydrogen-bond donors (Lipinski definition) is 6. The molecule has 3 atom stereocenters. The number of aromatic hydroxyl groups is 1. The highest BCUT2D eigenvalue weighted by Gasteiger charge is 2.29. The Labute approximate surface area is 220 Å². The molecule has 0 radical (unpaired) electrons. The van der Waals surface area contributed by atoms with Crippen LogP contribution in [0, 0.1) is 0 Å². The van der Waals surface area contributed by atoms with E-state index in [1.807, 2.05) is 0 Å². The Hall–Kier alpha value is -4.45. The molecule has 0 saturated carbocycles. The van der Waals surface area contributed by atoms with Gasteiger partial charge in [-0.1, -0.05) is 42.5 Å². The maximum atomic E-state index is 13.0. The fraction of sp³-hybridized carbons (Fsp3) is 0.346. The van der Waals surface area contributed by atoms with Crippen molar-refractivity contribution >= 4 is 29.6 Å². The van der Waals surface area contributed by atoms with Crippen LogP contribution in [0.1, 0.15) is 18.1 Å². The predicted molar refractivity (Wildman–Crippen MR) is 138 cm³/mol. The molecular formula is C26H33N5O7. The molecule has 38 heavy (non-hydrogen) atoms. The number of rotatable bonds is 13. The Morgan fingerprint density at radius 2 is 1.42 bits per heavy atom. The normalized spacial score (nSPS) is 12.9. The van der Waals surface area contributed by atoms with E-state index < -0.39 is 60.8 Å². The molecule has 0 aromatic heterocycles. The van der Waals surface area contributed by atoms with Gasteiger partial charge in [0.25, 0.3) is 0 Å². The molecule has 2 aromatic carbocycles. The van der Waals surface area contributed by atoms with Gasteiger partial charge < -0.3 is 36.8 Å². The van der Waals surface area contributed by atoms with Gasteiger partial charge in [-0.3, -0.25) is 24.0 Å². The average molecular weight is 528 g/mol. The Morgan fingerprint density at radius 1 is 0.842 bits per heavy atom. The molecule has 2 rings (SSSR count). The fourth-order valence-electron chi connectivity index (χ4n) is 3.49. The molecule has 0 fully saturated rings. The van der Waals surface area contributed by atoms with Crippen LogP contribution >= 0.6 is 0 Å². The van der Waals surface area contributed by atoms with Crippen LogP contribution in [0.2, 0.25) is 0 Å². The summed E-state index contributed by atoms with van der Waals surface area (Å²) in [6.45, 7) is 0.375. The third kappa shape index (κ3) is 9.54. The molecule has 0 unspecified atom stereocenters. The fourth-order valence-corrected chi connectivity index (χ4v) is 3.49. The van der Waals surface area contributed by atoms with E-state index in [1.54, 1.807) is 42.5 Å². The number of phenolic OH excluding ortho intramolecular Hbond substituents is 1. The monoisotopic (exact) mass is 527 g/mol. The summed E-state index contributed by atoms with van der Waals surface area (Å²) in [5, 5.41) is 25.7. The Morgan fingerprint density at radius 3 is 2.00 bits per heavy atom. The summed E-state index contributed by atoms with van der Waals surface area (Å²) < 4.78 is 0. The van der Waals surface area contributed by atoms with Crippen molar-refractivity contribution in [3.63, 3.8) is 0 Å². The number of hydrogen-bond acceptors (Lipinski definition) is 7. The number of carbonyl (C=O) groups excluding carboxylic acids is 4. The SMILES string of the molecule is C[C@@H](N)C(=O)N[C@@H](Cc1ccc(O)cc1)C(=O)NCC(=O)N(C)[C@@H](Cc1ccccc1)C(=O)NCC(=O)O. The van der Waals surface area contributed by atoms with E-state index in [0.717, 1.165) is 10.5 Å². The molecule has 4 amide bonds. The lowest BCUT2D eigenvalue weighted by Crippen LogP contribution is -2.55. The number of nitrogens with one attached hydrogen (secondary N) is 3. The number of aliphatic carboxylic acids is 1. The topological polar surface area (TPSA) is 191 Å². The van der Waals surface area contributed by atoms with Crippen LogP contribution in [0.15, 0.2) is 54.6 Å². The molecule has 7 N–H and O–H groups in total. The summed E-state index contributed by atoms with van der Waals surface area (Å²) in [6.07, 6.45) is 0.194. The van der Waals surface area contributed by atoms with Crippen molar-refractivity contribution in [2.24, 2.45) is 5.73 Å². The second-order valence-corrected chi connectivity index (χ2v) is 8.76. The second kappa shape index (κ2) is 14.3. The van der Waals surface area contributed by atoms with Crippen molar-refractivity contribution in [3.8, 4) is 5.75 Å². The van der Waals surface area contributed by atoms with Crippen LogP contribution in [0.25, 0.3) is 0 Å². The van der Waals surface area contributed by atoms with E-state index in [2.05, 4.69) is 16.0 Å². The highest BCUT2D eigenvalue weighted by molar-refractivity contribution is 5.93.